The van der Waals surface area contributed by atoms with E-state index in [2.05, 4.69) is 27.9 Å². The van der Waals surface area contributed by atoms with Crippen LogP contribution in [0.15, 0.2) is 58.0 Å². The summed E-state index contributed by atoms with van der Waals surface area (Å²) in [7, 11) is -1.65. The standard InChI is InChI=1S/C19H18BrClN2O2S/c1-22-9-8-13(11-22)16-12-23(18-10-14(21)6-7-15(16)18)26(24,25)19-5-3-2-4-17(19)20/h2-7,10,12-13H,8-9,11H2,1H3/t13-/m0/s1. The number of hydrogen-bond donors (Lipinski definition) is 0. The summed E-state index contributed by atoms with van der Waals surface area (Å²) in [6.07, 6.45) is 2.80. The molecule has 4 nitrogen and oxygen atoms in total. The van der Waals surface area contributed by atoms with Crippen molar-refractivity contribution >= 4 is 48.5 Å². The summed E-state index contributed by atoms with van der Waals surface area (Å²) in [5, 5.41) is 1.47. The third-order valence-electron chi connectivity index (χ3n) is 4.97. The Kier molecular flexibility index (Phi) is 4.63. The van der Waals surface area contributed by atoms with Crippen molar-refractivity contribution in [2.45, 2.75) is 17.2 Å². The predicted octanol–water partition coefficient (Wildman–Crippen LogP) is 4.71. The van der Waals surface area contributed by atoms with Gasteiger partial charge in [0.25, 0.3) is 10.0 Å². The summed E-state index contributed by atoms with van der Waals surface area (Å²) < 4.78 is 28.6. The molecule has 3 aromatic rings. The van der Waals surface area contributed by atoms with Crippen molar-refractivity contribution in [3.63, 3.8) is 0 Å². The van der Waals surface area contributed by atoms with Crippen LogP contribution >= 0.6 is 27.5 Å². The fraction of sp³-hybridized carbons (Fsp3) is 0.263. The van der Waals surface area contributed by atoms with Crippen LogP contribution in [-0.2, 0) is 10.0 Å². The Morgan fingerprint density at radius 1 is 1.19 bits per heavy atom. The Balaban J connectivity index is 1.96. The monoisotopic (exact) mass is 452 g/mol. The van der Waals surface area contributed by atoms with Crippen LogP contribution in [-0.4, -0.2) is 37.4 Å². The van der Waals surface area contributed by atoms with Crippen molar-refractivity contribution in [1.82, 2.24) is 8.87 Å². The van der Waals surface area contributed by atoms with Crippen LogP contribution in [0.25, 0.3) is 10.9 Å². The molecular weight excluding hydrogens is 436 g/mol. The quantitative estimate of drug-likeness (QED) is 0.576. The molecule has 0 bridgehead atoms. The highest BCUT2D eigenvalue weighted by molar-refractivity contribution is 9.10. The lowest BCUT2D eigenvalue weighted by molar-refractivity contribution is 0.412. The van der Waals surface area contributed by atoms with Crippen molar-refractivity contribution in [3.8, 4) is 0 Å². The summed E-state index contributed by atoms with van der Waals surface area (Å²) in [6, 6.07) is 12.3. The molecule has 2 aromatic carbocycles. The van der Waals surface area contributed by atoms with Gasteiger partial charge in [0.2, 0.25) is 0 Å². The van der Waals surface area contributed by atoms with Crippen molar-refractivity contribution in [1.29, 1.82) is 0 Å². The van der Waals surface area contributed by atoms with Crippen LogP contribution in [0.4, 0.5) is 0 Å². The van der Waals surface area contributed by atoms with Gasteiger partial charge in [0.15, 0.2) is 0 Å². The van der Waals surface area contributed by atoms with Crippen molar-refractivity contribution in [2.75, 3.05) is 20.1 Å². The molecule has 7 heteroatoms. The van der Waals surface area contributed by atoms with Gasteiger partial charge in [0, 0.05) is 27.6 Å². The first-order valence-electron chi connectivity index (χ1n) is 8.37. The Labute approximate surface area is 166 Å². The molecule has 2 heterocycles. The smallest absolute Gasteiger partial charge is 0.269 e. The molecule has 1 aromatic heterocycles. The predicted molar refractivity (Wildman–Crippen MR) is 109 cm³/mol. The topological polar surface area (TPSA) is 42.3 Å². The molecule has 1 aliphatic heterocycles. The fourth-order valence-electron chi connectivity index (χ4n) is 3.67. The molecule has 0 unspecified atom stereocenters. The molecule has 1 atom stereocenters. The van der Waals surface area contributed by atoms with E-state index in [1.165, 1.54) is 3.97 Å². The first-order chi connectivity index (χ1) is 12.4. The average molecular weight is 454 g/mol. The van der Waals surface area contributed by atoms with Crippen molar-refractivity contribution < 1.29 is 8.42 Å². The molecule has 4 rings (SSSR count). The summed E-state index contributed by atoms with van der Waals surface area (Å²) in [4.78, 5) is 2.51. The highest BCUT2D eigenvalue weighted by atomic mass is 79.9. The van der Waals surface area contributed by atoms with Gasteiger partial charge in [-0.1, -0.05) is 29.8 Å². The maximum atomic E-state index is 13.4. The lowest BCUT2D eigenvalue weighted by Crippen LogP contribution is -2.14. The molecule has 1 saturated heterocycles. The molecule has 1 aliphatic rings. The van der Waals surface area contributed by atoms with Crippen LogP contribution in [0.3, 0.4) is 0 Å². The lowest BCUT2D eigenvalue weighted by atomic mass is 9.98. The second-order valence-corrected chi connectivity index (χ2v) is 9.80. The summed E-state index contributed by atoms with van der Waals surface area (Å²) >= 11 is 9.55. The highest BCUT2D eigenvalue weighted by Gasteiger charge is 2.28. The summed E-state index contributed by atoms with van der Waals surface area (Å²) in [5.74, 6) is 0.319. The molecule has 26 heavy (non-hydrogen) atoms. The minimum Gasteiger partial charge on any atom is -0.306 e. The number of hydrogen-bond acceptors (Lipinski definition) is 3. The second-order valence-electron chi connectivity index (χ2n) is 6.73. The fourth-order valence-corrected chi connectivity index (χ4v) is 6.17. The number of benzene rings is 2. The molecule has 0 spiro atoms. The number of likely N-dealkylation sites (tertiary alicyclic amines) is 1. The molecule has 0 radical (unpaired) electrons. The van der Waals surface area contributed by atoms with E-state index in [1.807, 2.05) is 12.1 Å². The normalized spacial score (nSPS) is 18.7. The van der Waals surface area contributed by atoms with E-state index in [0.717, 1.165) is 30.5 Å². The zero-order valence-corrected chi connectivity index (χ0v) is 17.4. The highest BCUT2D eigenvalue weighted by Crippen LogP contribution is 2.36. The van der Waals surface area contributed by atoms with Gasteiger partial charge in [-0.2, -0.15) is 0 Å². The number of nitrogens with zero attached hydrogens (tertiary/aromatic N) is 2. The van der Waals surface area contributed by atoms with Gasteiger partial charge in [0.05, 0.1) is 5.52 Å². The molecule has 0 amide bonds. The van der Waals surface area contributed by atoms with Crippen LogP contribution in [0.2, 0.25) is 5.02 Å². The molecule has 1 fully saturated rings. The van der Waals surface area contributed by atoms with Gasteiger partial charge in [-0.15, -0.1) is 0 Å². The van der Waals surface area contributed by atoms with Crippen LogP contribution in [0, 0.1) is 0 Å². The van der Waals surface area contributed by atoms with Gasteiger partial charge in [-0.3, -0.25) is 0 Å². The SMILES string of the molecule is CN1CC[C@H](c2cn(S(=O)(=O)c3ccccc3Br)c3cc(Cl)ccc23)C1. The number of halogens is 2. The average Bonchev–Trinajstić information content (AvgIpc) is 3.18. The Morgan fingerprint density at radius 3 is 2.65 bits per heavy atom. The van der Waals surface area contributed by atoms with E-state index in [4.69, 9.17) is 11.6 Å². The van der Waals surface area contributed by atoms with Crippen molar-refractivity contribution in [2.24, 2.45) is 0 Å². The van der Waals surface area contributed by atoms with E-state index >= 15 is 0 Å². The van der Waals surface area contributed by atoms with Gasteiger partial charge in [-0.05, 0) is 71.7 Å². The third-order valence-corrected chi connectivity index (χ3v) is 7.89. The van der Waals surface area contributed by atoms with Gasteiger partial charge >= 0.3 is 0 Å². The molecule has 0 N–H and O–H groups in total. The number of aromatic nitrogens is 1. The van der Waals surface area contributed by atoms with E-state index in [1.54, 1.807) is 36.5 Å². The molecule has 136 valence electrons. The number of fused-ring (bicyclic) bond motifs is 1. The van der Waals surface area contributed by atoms with Gasteiger partial charge in [0.1, 0.15) is 4.90 Å². The lowest BCUT2D eigenvalue weighted by Gasteiger charge is -2.10. The van der Waals surface area contributed by atoms with Crippen molar-refractivity contribution in [3.05, 3.63) is 63.7 Å². The first-order valence-corrected chi connectivity index (χ1v) is 11.0. The first kappa shape index (κ1) is 18.0. The number of rotatable bonds is 3. The van der Waals surface area contributed by atoms with Gasteiger partial charge in [-0.25, -0.2) is 12.4 Å². The van der Waals surface area contributed by atoms with E-state index in [9.17, 15) is 8.42 Å². The summed E-state index contributed by atoms with van der Waals surface area (Å²) in [5.41, 5.74) is 1.69. The Hall–Kier alpha value is -1.34. The van der Waals surface area contributed by atoms with Gasteiger partial charge < -0.3 is 4.90 Å². The summed E-state index contributed by atoms with van der Waals surface area (Å²) in [6.45, 7) is 1.94. The Bertz CT molecular complexity index is 1090. The second kappa shape index (κ2) is 6.68. The zero-order chi connectivity index (χ0) is 18.5. The number of likely N-dealkylation sites (N-methyl/N-ethyl adjacent to an activating group) is 1. The largest absolute Gasteiger partial charge is 0.306 e. The van der Waals surface area contributed by atoms with E-state index in [0.29, 0.717) is 20.9 Å². The molecular formula is C19H18BrClN2O2S. The van der Waals surface area contributed by atoms with E-state index in [-0.39, 0.29) is 4.90 Å². The third kappa shape index (κ3) is 2.99. The minimum absolute atomic E-state index is 0.243. The van der Waals surface area contributed by atoms with Crippen LogP contribution < -0.4 is 0 Å². The minimum atomic E-state index is -3.74. The Morgan fingerprint density at radius 2 is 1.96 bits per heavy atom. The van der Waals surface area contributed by atoms with E-state index < -0.39 is 10.0 Å². The maximum Gasteiger partial charge on any atom is 0.269 e. The maximum absolute atomic E-state index is 13.4. The van der Waals surface area contributed by atoms with Crippen LogP contribution in [0.1, 0.15) is 17.9 Å². The molecule has 0 saturated carbocycles. The van der Waals surface area contributed by atoms with Crippen LogP contribution in [0.5, 0.6) is 0 Å². The zero-order valence-electron chi connectivity index (χ0n) is 14.2. The molecule has 0 aliphatic carbocycles.